The molecule has 112 valence electrons. The Morgan fingerprint density at radius 1 is 1.13 bits per heavy atom. The molecule has 2 N–H and O–H groups in total. The molecule has 6 heteroatoms. The lowest BCUT2D eigenvalue weighted by Gasteiger charge is -2.06. The zero-order valence-corrected chi connectivity index (χ0v) is 12.8. The number of amides is 1. The predicted molar refractivity (Wildman–Crippen MR) is 91.6 cm³/mol. The smallest absolute Gasteiger partial charge is 0.276 e. The van der Waals surface area contributed by atoms with Gasteiger partial charge in [-0.25, -0.2) is 0 Å². The third kappa shape index (κ3) is 2.60. The minimum absolute atomic E-state index is 0.262. The quantitative estimate of drug-likeness (QED) is 0.600. The molecule has 5 nitrogen and oxygen atoms in total. The highest BCUT2D eigenvalue weighted by molar-refractivity contribution is 7.13. The van der Waals surface area contributed by atoms with Crippen LogP contribution in [0.4, 0.5) is 5.69 Å². The number of nitrogens with zero attached hydrogens (tertiary/aromatic N) is 2. The summed E-state index contributed by atoms with van der Waals surface area (Å²) in [5, 5.41) is 12.8. The van der Waals surface area contributed by atoms with Crippen molar-refractivity contribution >= 4 is 33.8 Å². The van der Waals surface area contributed by atoms with Crippen LogP contribution >= 0.6 is 11.3 Å². The first-order valence-corrected chi connectivity index (χ1v) is 7.93. The van der Waals surface area contributed by atoms with Crippen LogP contribution in [-0.4, -0.2) is 21.1 Å². The number of aromatic amines is 1. The van der Waals surface area contributed by atoms with Gasteiger partial charge in [-0.05, 0) is 29.6 Å². The fourth-order valence-corrected chi connectivity index (χ4v) is 3.08. The van der Waals surface area contributed by atoms with Gasteiger partial charge in [-0.15, -0.1) is 11.3 Å². The number of hydrogen-bond acceptors (Lipinski definition) is 4. The largest absolute Gasteiger partial charge is 0.319 e. The van der Waals surface area contributed by atoms with Crippen molar-refractivity contribution < 1.29 is 4.79 Å². The summed E-state index contributed by atoms with van der Waals surface area (Å²) in [7, 11) is 0. The van der Waals surface area contributed by atoms with Crippen molar-refractivity contribution in [3.05, 3.63) is 65.8 Å². The van der Waals surface area contributed by atoms with Crippen molar-refractivity contribution in [2.75, 3.05) is 5.32 Å². The van der Waals surface area contributed by atoms with Crippen LogP contribution in [0, 0.1) is 0 Å². The number of hydrogen-bond donors (Lipinski definition) is 2. The summed E-state index contributed by atoms with van der Waals surface area (Å²) in [6.45, 7) is 0. The first-order valence-electron chi connectivity index (χ1n) is 7.06. The molecule has 0 radical (unpaired) electrons. The molecule has 0 fully saturated rings. The molecule has 3 heterocycles. The molecular weight excluding hydrogens is 308 g/mol. The van der Waals surface area contributed by atoms with Crippen molar-refractivity contribution in [3.8, 4) is 10.6 Å². The summed E-state index contributed by atoms with van der Waals surface area (Å²) >= 11 is 1.59. The zero-order chi connectivity index (χ0) is 15.6. The number of rotatable bonds is 3. The van der Waals surface area contributed by atoms with Crippen LogP contribution in [0.5, 0.6) is 0 Å². The molecule has 0 spiro atoms. The fourth-order valence-electron chi connectivity index (χ4n) is 2.39. The van der Waals surface area contributed by atoms with Gasteiger partial charge in [0.25, 0.3) is 5.91 Å². The lowest BCUT2D eigenvalue weighted by molar-refractivity contribution is 0.102. The second-order valence-electron chi connectivity index (χ2n) is 4.98. The Labute approximate surface area is 136 Å². The molecule has 0 atom stereocenters. The van der Waals surface area contributed by atoms with Crippen molar-refractivity contribution in [2.45, 2.75) is 0 Å². The molecule has 3 aromatic heterocycles. The van der Waals surface area contributed by atoms with E-state index in [1.165, 1.54) is 0 Å². The van der Waals surface area contributed by atoms with Crippen LogP contribution in [0.2, 0.25) is 0 Å². The minimum atomic E-state index is -0.262. The molecule has 0 aliphatic rings. The Morgan fingerprint density at radius 3 is 2.91 bits per heavy atom. The summed E-state index contributed by atoms with van der Waals surface area (Å²) in [5.74, 6) is -0.262. The fraction of sp³-hybridized carbons (Fsp3) is 0. The van der Waals surface area contributed by atoms with Crippen LogP contribution in [-0.2, 0) is 0 Å². The summed E-state index contributed by atoms with van der Waals surface area (Å²) in [5.41, 5.74) is 2.62. The van der Waals surface area contributed by atoms with Crippen molar-refractivity contribution in [3.63, 3.8) is 0 Å². The summed E-state index contributed by atoms with van der Waals surface area (Å²) in [6, 6.07) is 15.2. The number of H-pyrrole nitrogens is 1. The Bertz CT molecular complexity index is 970. The number of nitrogens with one attached hydrogen (secondary N) is 2. The molecule has 0 bridgehead atoms. The summed E-state index contributed by atoms with van der Waals surface area (Å²) in [6.07, 6.45) is 1.71. The molecule has 23 heavy (non-hydrogen) atoms. The van der Waals surface area contributed by atoms with Gasteiger partial charge in [0.05, 0.1) is 21.8 Å². The van der Waals surface area contributed by atoms with E-state index in [4.69, 9.17) is 0 Å². The van der Waals surface area contributed by atoms with Crippen LogP contribution in [0.3, 0.4) is 0 Å². The van der Waals surface area contributed by atoms with E-state index in [0.717, 1.165) is 21.5 Å². The Morgan fingerprint density at radius 2 is 2.04 bits per heavy atom. The van der Waals surface area contributed by atoms with E-state index < -0.39 is 0 Å². The highest BCUT2D eigenvalue weighted by atomic mass is 32.1. The summed E-state index contributed by atoms with van der Waals surface area (Å²) in [4.78, 5) is 17.8. The lowest BCUT2D eigenvalue weighted by Crippen LogP contribution is -2.12. The van der Waals surface area contributed by atoms with Crippen LogP contribution in [0.15, 0.2) is 60.1 Å². The maximum Gasteiger partial charge on any atom is 0.276 e. The van der Waals surface area contributed by atoms with Gasteiger partial charge in [-0.2, -0.15) is 5.10 Å². The number of fused-ring (bicyclic) bond motifs is 1. The first-order chi connectivity index (χ1) is 11.3. The third-order valence-electron chi connectivity index (χ3n) is 3.48. The van der Waals surface area contributed by atoms with Gasteiger partial charge in [0.1, 0.15) is 0 Å². The van der Waals surface area contributed by atoms with Crippen molar-refractivity contribution in [1.29, 1.82) is 0 Å². The first kappa shape index (κ1) is 13.7. The maximum atomic E-state index is 12.4. The molecular formula is C17H12N4OS. The number of carbonyl (C=O) groups is 1. The van der Waals surface area contributed by atoms with E-state index in [1.54, 1.807) is 23.6 Å². The Hall–Kier alpha value is -2.99. The minimum Gasteiger partial charge on any atom is -0.319 e. The lowest BCUT2D eigenvalue weighted by atomic mass is 10.2. The number of thiophene rings is 1. The SMILES string of the molecule is O=C(Nc1cccc2cccnc12)c1cc(-c2cccs2)[nH]n1. The molecule has 0 saturated heterocycles. The van der Waals surface area contributed by atoms with E-state index in [0.29, 0.717) is 11.4 Å². The zero-order valence-electron chi connectivity index (χ0n) is 12.0. The molecule has 0 unspecified atom stereocenters. The molecule has 1 amide bonds. The van der Waals surface area contributed by atoms with Crippen LogP contribution < -0.4 is 5.32 Å². The highest BCUT2D eigenvalue weighted by Crippen LogP contribution is 2.24. The van der Waals surface area contributed by atoms with Crippen molar-refractivity contribution in [2.24, 2.45) is 0 Å². The van der Waals surface area contributed by atoms with E-state index in [9.17, 15) is 4.79 Å². The predicted octanol–water partition coefficient (Wildman–Crippen LogP) is 3.94. The van der Waals surface area contributed by atoms with Gasteiger partial charge in [0.15, 0.2) is 5.69 Å². The van der Waals surface area contributed by atoms with Crippen LogP contribution in [0.1, 0.15) is 10.5 Å². The van der Waals surface area contributed by atoms with E-state index in [-0.39, 0.29) is 5.91 Å². The van der Waals surface area contributed by atoms with Crippen molar-refractivity contribution in [1.82, 2.24) is 15.2 Å². The number of benzene rings is 1. The van der Waals surface area contributed by atoms with E-state index >= 15 is 0 Å². The average Bonchev–Trinajstić information content (AvgIpc) is 3.26. The Kier molecular flexibility index (Phi) is 3.36. The number of aromatic nitrogens is 3. The number of anilines is 1. The van der Waals surface area contributed by atoms with Gasteiger partial charge in [-0.1, -0.05) is 24.3 Å². The number of para-hydroxylation sites is 1. The van der Waals surface area contributed by atoms with Crippen LogP contribution in [0.25, 0.3) is 21.5 Å². The van der Waals surface area contributed by atoms with Gasteiger partial charge in [0.2, 0.25) is 0 Å². The number of carbonyl (C=O) groups excluding carboxylic acids is 1. The third-order valence-corrected chi connectivity index (χ3v) is 4.38. The molecule has 0 aliphatic carbocycles. The second kappa shape index (κ2) is 5.66. The molecule has 0 aliphatic heterocycles. The topological polar surface area (TPSA) is 70.7 Å². The molecule has 4 aromatic rings. The summed E-state index contributed by atoms with van der Waals surface area (Å²) < 4.78 is 0. The van der Waals surface area contributed by atoms with E-state index in [1.807, 2.05) is 47.8 Å². The normalized spacial score (nSPS) is 10.8. The molecule has 4 rings (SSSR count). The number of pyridine rings is 1. The van der Waals surface area contributed by atoms with Gasteiger partial charge in [-0.3, -0.25) is 14.9 Å². The second-order valence-corrected chi connectivity index (χ2v) is 5.93. The molecule has 1 aromatic carbocycles. The van der Waals surface area contributed by atoms with E-state index in [2.05, 4.69) is 20.5 Å². The maximum absolute atomic E-state index is 12.4. The highest BCUT2D eigenvalue weighted by Gasteiger charge is 2.13. The van der Waals surface area contributed by atoms with Gasteiger partial charge < -0.3 is 5.32 Å². The standard InChI is InChI=1S/C17H12N4OS/c22-17(14-10-13(20-21-14)15-7-3-9-23-15)19-12-6-1-4-11-5-2-8-18-16(11)12/h1-10H,(H,19,22)(H,20,21). The van der Waals surface area contributed by atoms with Gasteiger partial charge in [0, 0.05) is 11.6 Å². The van der Waals surface area contributed by atoms with Gasteiger partial charge >= 0.3 is 0 Å². The Balaban J connectivity index is 1.62. The monoisotopic (exact) mass is 320 g/mol. The average molecular weight is 320 g/mol. The molecule has 0 saturated carbocycles.